The van der Waals surface area contributed by atoms with E-state index in [0.29, 0.717) is 6.54 Å². The van der Waals surface area contributed by atoms with Gasteiger partial charge in [-0.3, -0.25) is 14.5 Å². The van der Waals surface area contributed by atoms with Crippen molar-refractivity contribution in [2.24, 2.45) is 0 Å². The number of carbonyl (C=O) groups excluding carboxylic acids is 1. The van der Waals surface area contributed by atoms with E-state index in [2.05, 4.69) is 16.3 Å². The molecule has 148 valence electrons. The van der Waals surface area contributed by atoms with E-state index in [1.165, 1.54) is 18.4 Å². The summed E-state index contributed by atoms with van der Waals surface area (Å²) in [5.74, 6) is -0.266. The summed E-state index contributed by atoms with van der Waals surface area (Å²) in [6.45, 7) is 8.46. The summed E-state index contributed by atoms with van der Waals surface area (Å²) in [4.78, 5) is 28.0. The fourth-order valence-electron chi connectivity index (χ4n) is 3.81. The van der Waals surface area contributed by atoms with Gasteiger partial charge in [-0.15, -0.1) is 0 Å². The van der Waals surface area contributed by atoms with Gasteiger partial charge in [-0.1, -0.05) is 11.6 Å². The van der Waals surface area contributed by atoms with E-state index in [4.69, 9.17) is 4.74 Å². The van der Waals surface area contributed by atoms with Crippen LogP contribution in [0.3, 0.4) is 0 Å². The van der Waals surface area contributed by atoms with Crippen LogP contribution in [0.15, 0.2) is 28.7 Å². The first-order valence-corrected chi connectivity index (χ1v) is 10.1. The number of allylic oxidation sites excluding steroid dienone is 1. The van der Waals surface area contributed by atoms with Gasteiger partial charge in [-0.05, 0) is 51.2 Å². The van der Waals surface area contributed by atoms with Crippen LogP contribution in [0.1, 0.15) is 48.5 Å². The van der Waals surface area contributed by atoms with Crippen molar-refractivity contribution in [3.05, 3.63) is 45.4 Å². The standard InChI is InChI=1S/C21H31N3O3/c1-16-8-9-24(11-10-23-12-14-27-15-13-23)21(26)19(16)20(25)22-17(2)18-6-4-3-5-7-18/h6,8-9,17H,3-5,7,10-15H2,1-2H3,(H,22,25). The van der Waals surface area contributed by atoms with Crippen molar-refractivity contribution < 1.29 is 9.53 Å². The summed E-state index contributed by atoms with van der Waals surface area (Å²) in [7, 11) is 0. The number of morpholine rings is 1. The number of amides is 1. The Morgan fingerprint density at radius 3 is 2.74 bits per heavy atom. The number of nitrogens with zero attached hydrogens (tertiary/aromatic N) is 2. The molecule has 1 aromatic rings. The third-order valence-electron chi connectivity index (χ3n) is 5.59. The summed E-state index contributed by atoms with van der Waals surface area (Å²) in [5.41, 5.74) is 2.06. The first-order valence-electron chi connectivity index (χ1n) is 10.1. The van der Waals surface area contributed by atoms with Gasteiger partial charge < -0.3 is 14.6 Å². The van der Waals surface area contributed by atoms with E-state index < -0.39 is 0 Å². The van der Waals surface area contributed by atoms with Crippen LogP contribution in [-0.4, -0.2) is 54.3 Å². The van der Waals surface area contributed by atoms with Crippen LogP contribution in [0.25, 0.3) is 0 Å². The number of pyridine rings is 1. The lowest BCUT2D eigenvalue weighted by Gasteiger charge is -2.26. The van der Waals surface area contributed by atoms with E-state index >= 15 is 0 Å². The summed E-state index contributed by atoms with van der Waals surface area (Å²) < 4.78 is 7.02. The summed E-state index contributed by atoms with van der Waals surface area (Å²) >= 11 is 0. The van der Waals surface area contributed by atoms with Gasteiger partial charge in [0.15, 0.2) is 0 Å². The predicted octanol–water partition coefficient (Wildman–Crippen LogP) is 2.11. The molecular weight excluding hydrogens is 342 g/mol. The molecule has 0 radical (unpaired) electrons. The van der Waals surface area contributed by atoms with Crippen LogP contribution >= 0.6 is 0 Å². The minimum Gasteiger partial charge on any atom is -0.379 e. The van der Waals surface area contributed by atoms with Gasteiger partial charge in [0, 0.05) is 38.4 Å². The number of ether oxygens (including phenoxy) is 1. The molecule has 0 spiro atoms. The second-order valence-corrected chi connectivity index (χ2v) is 7.55. The molecule has 0 aromatic carbocycles. The molecule has 1 aliphatic heterocycles. The van der Waals surface area contributed by atoms with Crippen molar-refractivity contribution >= 4 is 5.91 Å². The zero-order chi connectivity index (χ0) is 19.2. The molecule has 2 aliphatic rings. The molecule has 6 nitrogen and oxygen atoms in total. The molecule has 3 rings (SSSR count). The number of rotatable bonds is 6. The Bertz CT molecular complexity index is 748. The van der Waals surface area contributed by atoms with Gasteiger partial charge in [0.05, 0.1) is 13.2 Å². The Balaban J connectivity index is 1.69. The fourth-order valence-corrected chi connectivity index (χ4v) is 3.81. The van der Waals surface area contributed by atoms with Crippen LogP contribution in [-0.2, 0) is 11.3 Å². The highest BCUT2D eigenvalue weighted by Gasteiger charge is 2.20. The normalized spacial score (nSPS) is 19.4. The zero-order valence-corrected chi connectivity index (χ0v) is 16.5. The Labute approximate surface area is 161 Å². The van der Waals surface area contributed by atoms with Crippen molar-refractivity contribution in [3.63, 3.8) is 0 Å². The van der Waals surface area contributed by atoms with E-state index in [1.807, 2.05) is 19.9 Å². The lowest BCUT2D eigenvalue weighted by molar-refractivity contribution is 0.0362. The Kier molecular flexibility index (Phi) is 6.85. The first kappa shape index (κ1) is 19.8. The van der Waals surface area contributed by atoms with Crippen molar-refractivity contribution in [3.8, 4) is 0 Å². The minimum atomic E-state index is -0.266. The van der Waals surface area contributed by atoms with Gasteiger partial charge in [-0.2, -0.15) is 0 Å². The Hall–Kier alpha value is -1.92. The number of carbonyl (C=O) groups is 1. The van der Waals surface area contributed by atoms with Crippen molar-refractivity contribution in [2.75, 3.05) is 32.8 Å². The van der Waals surface area contributed by atoms with Crippen LogP contribution in [0.5, 0.6) is 0 Å². The van der Waals surface area contributed by atoms with Crippen LogP contribution in [0.4, 0.5) is 0 Å². The molecule has 1 fully saturated rings. The number of aryl methyl sites for hydroxylation is 1. The zero-order valence-electron chi connectivity index (χ0n) is 16.5. The molecule has 0 saturated carbocycles. The second-order valence-electron chi connectivity index (χ2n) is 7.55. The monoisotopic (exact) mass is 373 g/mol. The lowest BCUT2D eigenvalue weighted by Crippen LogP contribution is -2.41. The second kappa shape index (κ2) is 9.33. The smallest absolute Gasteiger partial charge is 0.263 e. The predicted molar refractivity (Wildman–Crippen MR) is 106 cm³/mol. The quantitative estimate of drug-likeness (QED) is 0.776. The maximum atomic E-state index is 12.9. The highest BCUT2D eigenvalue weighted by Crippen LogP contribution is 2.20. The average molecular weight is 373 g/mol. The molecule has 6 heteroatoms. The largest absolute Gasteiger partial charge is 0.379 e. The van der Waals surface area contributed by atoms with E-state index in [0.717, 1.165) is 51.3 Å². The van der Waals surface area contributed by atoms with Crippen molar-refractivity contribution in [1.29, 1.82) is 0 Å². The maximum absolute atomic E-state index is 12.9. The third kappa shape index (κ3) is 5.08. The molecule has 0 bridgehead atoms. The van der Waals surface area contributed by atoms with Crippen LogP contribution in [0.2, 0.25) is 0 Å². The average Bonchev–Trinajstić information content (AvgIpc) is 2.69. The molecular formula is C21H31N3O3. The molecule has 1 atom stereocenters. The summed E-state index contributed by atoms with van der Waals surface area (Å²) in [5, 5.41) is 3.03. The summed E-state index contributed by atoms with van der Waals surface area (Å²) in [6.07, 6.45) is 8.52. The SMILES string of the molecule is Cc1ccn(CCN2CCOCC2)c(=O)c1C(=O)NC(C)C1=CCCCC1. The molecule has 1 saturated heterocycles. The topological polar surface area (TPSA) is 63.6 Å². The number of aromatic nitrogens is 1. The first-order chi connectivity index (χ1) is 13.1. The van der Waals surface area contributed by atoms with E-state index in [9.17, 15) is 9.59 Å². The fraction of sp³-hybridized carbons (Fsp3) is 0.619. The lowest BCUT2D eigenvalue weighted by atomic mass is 9.94. The number of hydrogen-bond donors (Lipinski definition) is 1. The van der Waals surface area contributed by atoms with Gasteiger partial charge >= 0.3 is 0 Å². The Morgan fingerprint density at radius 2 is 2.04 bits per heavy atom. The van der Waals surface area contributed by atoms with Gasteiger partial charge in [-0.25, -0.2) is 0 Å². The highest BCUT2D eigenvalue weighted by molar-refractivity contribution is 5.95. The van der Waals surface area contributed by atoms with Gasteiger partial charge in [0.2, 0.25) is 0 Å². The van der Waals surface area contributed by atoms with Crippen molar-refractivity contribution in [1.82, 2.24) is 14.8 Å². The highest BCUT2D eigenvalue weighted by atomic mass is 16.5. The third-order valence-corrected chi connectivity index (χ3v) is 5.59. The van der Waals surface area contributed by atoms with E-state index in [-0.39, 0.29) is 23.1 Å². The molecule has 2 heterocycles. The molecule has 1 amide bonds. The summed E-state index contributed by atoms with van der Waals surface area (Å²) in [6, 6.07) is 1.83. The Morgan fingerprint density at radius 1 is 1.26 bits per heavy atom. The maximum Gasteiger partial charge on any atom is 0.263 e. The van der Waals surface area contributed by atoms with Gasteiger partial charge in [0.25, 0.3) is 11.5 Å². The molecule has 1 N–H and O–H groups in total. The molecule has 1 aliphatic carbocycles. The number of nitrogens with one attached hydrogen (secondary N) is 1. The number of hydrogen-bond acceptors (Lipinski definition) is 4. The minimum absolute atomic E-state index is 0.0291. The van der Waals surface area contributed by atoms with Crippen LogP contribution < -0.4 is 10.9 Å². The van der Waals surface area contributed by atoms with Gasteiger partial charge in [0.1, 0.15) is 5.56 Å². The molecule has 1 unspecified atom stereocenters. The van der Waals surface area contributed by atoms with Crippen LogP contribution in [0, 0.1) is 6.92 Å². The van der Waals surface area contributed by atoms with Crippen molar-refractivity contribution in [2.45, 2.75) is 52.1 Å². The molecule has 1 aromatic heterocycles. The molecule has 27 heavy (non-hydrogen) atoms. The van der Waals surface area contributed by atoms with E-state index in [1.54, 1.807) is 10.8 Å².